The number of piperidine rings is 1. The first-order chi connectivity index (χ1) is 10.6. The normalized spacial score (nSPS) is 22.9. The summed E-state index contributed by atoms with van der Waals surface area (Å²) >= 11 is 1.01. The van der Waals surface area contributed by atoms with Crippen LogP contribution in [0.1, 0.15) is 12.8 Å². The molecule has 1 saturated heterocycles. The highest BCUT2D eigenvalue weighted by molar-refractivity contribution is 7.89. The van der Waals surface area contributed by atoms with Crippen molar-refractivity contribution in [3.63, 3.8) is 0 Å². The number of benzene rings is 1. The second-order valence-corrected chi connectivity index (χ2v) is 7.66. The molecule has 23 heavy (non-hydrogen) atoms. The first kappa shape index (κ1) is 18.5. The van der Waals surface area contributed by atoms with E-state index in [4.69, 9.17) is 10.5 Å². The molecule has 0 amide bonds. The summed E-state index contributed by atoms with van der Waals surface area (Å²) in [5.41, 5.74) is 6.82. The van der Waals surface area contributed by atoms with Gasteiger partial charge in [-0.25, -0.2) is 8.42 Å². The lowest BCUT2D eigenvalue weighted by Crippen LogP contribution is -2.51. The standard InChI is InChI=1S/C13H18N4O3S2.ClH/c1-20-10-5-6-17(9(7-10)8-14)22(18,19)12-4-2-3-11-13(12)16-21-15-11;/h2-4,9-10H,5-8,14H2,1H3;1H. The molecule has 0 spiro atoms. The van der Waals surface area contributed by atoms with E-state index in [0.29, 0.717) is 30.4 Å². The molecule has 2 N–H and O–H groups in total. The van der Waals surface area contributed by atoms with E-state index in [0.717, 1.165) is 11.7 Å². The maximum Gasteiger partial charge on any atom is 0.245 e. The lowest BCUT2D eigenvalue weighted by molar-refractivity contribution is 0.0402. The van der Waals surface area contributed by atoms with Crippen LogP contribution < -0.4 is 5.73 Å². The number of halogens is 1. The number of aromatic nitrogens is 2. The van der Waals surface area contributed by atoms with Gasteiger partial charge in [-0.2, -0.15) is 13.1 Å². The highest BCUT2D eigenvalue weighted by Gasteiger charge is 2.37. The second kappa shape index (κ2) is 7.37. The number of nitrogens with zero attached hydrogens (tertiary/aromatic N) is 3. The van der Waals surface area contributed by atoms with E-state index in [-0.39, 0.29) is 36.0 Å². The van der Waals surface area contributed by atoms with Gasteiger partial charge in [-0.3, -0.25) is 0 Å². The first-order valence-electron chi connectivity index (χ1n) is 7.04. The Morgan fingerprint density at radius 1 is 1.43 bits per heavy atom. The van der Waals surface area contributed by atoms with Crippen LogP contribution in [-0.4, -0.2) is 53.8 Å². The minimum absolute atomic E-state index is 0. The Labute approximate surface area is 145 Å². The van der Waals surface area contributed by atoms with Crippen LogP contribution in [0, 0.1) is 0 Å². The molecule has 10 heteroatoms. The van der Waals surface area contributed by atoms with Gasteiger partial charge in [-0.15, -0.1) is 12.4 Å². The maximum absolute atomic E-state index is 13.0. The molecular weight excluding hydrogens is 360 g/mol. The Kier molecular flexibility index (Phi) is 5.93. The van der Waals surface area contributed by atoms with Crippen LogP contribution in [0.5, 0.6) is 0 Å². The third kappa shape index (κ3) is 3.35. The molecule has 2 heterocycles. The zero-order valence-electron chi connectivity index (χ0n) is 12.6. The highest BCUT2D eigenvalue weighted by Crippen LogP contribution is 2.29. The summed E-state index contributed by atoms with van der Waals surface area (Å²) < 4.78 is 41.1. The number of fused-ring (bicyclic) bond motifs is 1. The van der Waals surface area contributed by atoms with Crippen molar-refractivity contribution in [3.05, 3.63) is 18.2 Å². The van der Waals surface area contributed by atoms with Gasteiger partial charge in [-0.05, 0) is 25.0 Å². The fraction of sp³-hybridized carbons (Fsp3) is 0.538. The number of rotatable bonds is 4. The zero-order chi connectivity index (χ0) is 15.7. The summed E-state index contributed by atoms with van der Waals surface area (Å²) in [4.78, 5) is 0.202. The van der Waals surface area contributed by atoms with Crippen molar-refractivity contribution in [2.24, 2.45) is 5.73 Å². The summed E-state index contributed by atoms with van der Waals surface area (Å²) in [7, 11) is -2.01. The molecule has 0 saturated carbocycles. The number of hydrogen-bond acceptors (Lipinski definition) is 7. The van der Waals surface area contributed by atoms with E-state index < -0.39 is 10.0 Å². The SMILES string of the molecule is COC1CCN(S(=O)(=O)c2cccc3nsnc23)C(CN)C1.Cl. The predicted octanol–water partition coefficient (Wildman–Crippen LogP) is 1.24. The maximum atomic E-state index is 13.0. The van der Waals surface area contributed by atoms with Crippen LogP contribution in [0.4, 0.5) is 0 Å². The molecule has 1 fully saturated rings. The fourth-order valence-electron chi connectivity index (χ4n) is 2.85. The van der Waals surface area contributed by atoms with Gasteiger partial charge in [0.25, 0.3) is 0 Å². The number of methoxy groups -OCH3 is 1. The molecule has 0 bridgehead atoms. The Bertz CT molecular complexity index is 767. The Hall–Kier alpha value is -0.840. The summed E-state index contributed by atoms with van der Waals surface area (Å²) in [6.45, 7) is 0.668. The quantitative estimate of drug-likeness (QED) is 0.859. The van der Waals surface area contributed by atoms with E-state index >= 15 is 0 Å². The van der Waals surface area contributed by atoms with E-state index in [1.807, 2.05) is 0 Å². The largest absolute Gasteiger partial charge is 0.381 e. The van der Waals surface area contributed by atoms with E-state index in [1.165, 1.54) is 4.31 Å². The average molecular weight is 379 g/mol. The zero-order valence-corrected chi connectivity index (χ0v) is 15.0. The minimum Gasteiger partial charge on any atom is -0.381 e. The summed E-state index contributed by atoms with van der Waals surface area (Å²) in [6.07, 6.45) is 1.33. The van der Waals surface area contributed by atoms with Gasteiger partial charge in [0.05, 0.1) is 17.8 Å². The third-order valence-corrected chi connectivity index (χ3v) is 6.58. The molecule has 2 atom stereocenters. The van der Waals surface area contributed by atoms with Gasteiger partial charge in [0, 0.05) is 26.2 Å². The topological polar surface area (TPSA) is 98.4 Å². The molecule has 1 aliphatic heterocycles. The molecule has 0 aliphatic carbocycles. The van der Waals surface area contributed by atoms with Crippen molar-refractivity contribution in [1.29, 1.82) is 0 Å². The minimum atomic E-state index is -3.65. The van der Waals surface area contributed by atoms with Crippen molar-refractivity contribution in [1.82, 2.24) is 13.1 Å². The fourth-order valence-corrected chi connectivity index (χ4v) is 5.27. The number of sulfonamides is 1. The predicted molar refractivity (Wildman–Crippen MR) is 91.4 cm³/mol. The number of nitrogens with two attached hydrogens (primary N) is 1. The molecule has 7 nitrogen and oxygen atoms in total. The molecule has 2 aromatic rings. The molecule has 0 radical (unpaired) electrons. The Balaban J connectivity index is 0.00000192. The van der Waals surface area contributed by atoms with Gasteiger partial charge in [0.2, 0.25) is 10.0 Å². The second-order valence-electron chi connectivity index (χ2n) is 5.28. The van der Waals surface area contributed by atoms with Crippen LogP contribution >= 0.6 is 24.1 Å². The van der Waals surface area contributed by atoms with Crippen molar-refractivity contribution in [2.45, 2.75) is 29.9 Å². The van der Waals surface area contributed by atoms with E-state index in [9.17, 15) is 8.42 Å². The summed E-state index contributed by atoms with van der Waals surface area (Å²) in [6, 6.07) is 4.77. The van der Waals surface area contributed by atoms with Gasteiger partial charge >= 0.3 is 0 Å². The molecule has 1 aromatic heterocycles. The molecular formula is C13H19ClN4O3S2. The third-order valence-electron chi connectivity index (χ3n) is 4.05. The van der Waals surface area contributed by atoms with E-state index in [1.54, 1.807) is 25.3 Å². The Morgan fingerprint density at radius 2 is 2.22 bits per heavy atom. The average Bonchev–Trinajstić information content (AvgIpc) is 3.02. The molecule has 1 aliphatic rings. The van der Waals surface area contributed by atoms with Crippen LogP contribution in [0.25, 0.3) is 11.0 Å². The van der Waals surface area contributed by atoms with Gasteiger partial charge in [0.1, 0.15) is 15.9 Å². The number of ether oxygens (including phenoxy) is 1. The van der Waals surface area contributed by atoms with Gasteiger partial charge < -0.3 is 10.5 Å². The lowest BCUT2D eigenvalue weighted by atomic mass is 10.0. The van der Waals surface area contributed by atoms with Crippen LogP contribution in [0.2, 0.25) is 0 Å². The smallest absolute Gasteiger partial charge is 0.245 e. The summed E-state index contributed by atoms with van der Waals surface area (Å²) in [5.74, 6) is 0. The Morgan fingerprint density at radius 3 is 2.91 bits per heavy atom. The van der Waals surface area contributed by atoms with Crippen LogP contribution in [-0.2, 0) is 14.8 Å². The number of hydrogen-bond donors (Lipinski definition) is 1. The highest BCUT2D eigenvalue weighted by atomic mass is 35.5. The van der Waals surface area contributed by atoms with Crippen molar-refractivity contribution in [3.8, 4) is 0 Å². The molecule has 128 valence electrons. The molecule has 3 rings (SSSR count). The van der Waals surface area contributed by atoms with Gasteiger partial charge in [-0.1, -0.05) is 6.07 Å². The van der Waals surface area contributed by atoms with E-state index in [2.05, 4.69) is 8.75 Å². The van der Waals surface area contributed by atoms with Gasteiger partial charge in [0.15, 0.2) is 0 Å². The molecule has 1 aromatic carbocycles. The van der Waals surface area contributed by atoms with Crippen molar-refractivity contribution >= 4 is 45.2 Å². The van der Waals surface area contributed by atoms with Crippen molar-refractivity contribution < 1.29 is 13.2 Å². The lowest BCUT2D eigenvalue weighted by Gasteiger charge is -2.37. The monoisotopic (exact) mass is 378 g/mol. The summed E-state index contributed by atoms with van der Waals surface area (Å²) in [5, 5.41) is 0. The molecule has 2 unspecified atom stereocenters. The van der Waals surface area contributed by atoms with Crippen LogP contribution in [0.15, 0.2) is 23.1 Å². The van der Waals surface area contributed by atoms with Crippen LogP contribution in [0.3, 0.4) is 0 Å². The first-order valence-corrected chi connectivity index (χ1v) is 9.21. The van der Waals surface area contributed by atoms with Crippen molar-refractivity contribution in [2.75, 3.05) is 20.2 Å².